The predicted molar refractivity (Wildman–Crippen MR) is 117 cm³/mol. The lowest BCUT2D eigenvalue weighted by atomic mass is 9.96. The lowest BCUT2D eigenvalue weighted by Gasteiger charge is -2.46. The summed E-state index contributed by atoms with van der Waals surface area (Å²) in [5, 5.41) is 20.3. The summed E-state index contributed by atoms with van der Waals surface area (Å²) in [6, 6.07) is 8.71. The number of amides is 1. The van der Waals surface area contributed by atoms with E-state index in [1.807, 2.05) is 17.0 Å². The molecule has 0 bridgehead atoms. The number of hydrogen-bond acceptors (Lipinski definition) is 8. The number of hydrogen-bond donors (Lipinski definition) is 0. The Morgan fingerprint density at radius 3 is 2.88 bits per heavy atom. The molecular weight excluding hydrogens is 439 g/mol. The lowest BCUT2D eigenvalue weighted by Crippen LogP contribution is -2.59. The summed E-state index contributed by atoms with van der Waals surface area (Å²) < 4.78 is 21.5. The second-order valence-corrected chi connectivity index (χ2v) is 8.50. The van der Waals surface area contributed by atoms with Gasteiger partial charge in [-0.2, -0.15) is 9.94 Å². The Balaban J connectivity index is 1.19. The van der Waals surface area contributed by atoms with Gasteiger partial charge in [0.15, 0.2) is 0 Å². The Hall–Kier alpha value is -3.75. The monoisotopic (exact) mass is 462 g/mol. The number of tetrazole rings is 1. The second-order valence-electron chi connectivity index (χ2n) is 8.50. The topological polar surface area (TPSA) is 113 Å². The van der Waals surface area contributed by atoms with Gasteiger partial charge in [0.25, 0.3) is 0 Å². The summed E-state index contributed by atoms with van der Waals surface area (Å²) in [5.74, 6) is -0.485. The van der Waals surface area contributed by atoms with Crippen LogP contribution in [-0.4, -0.2) is 79.7 Å². The maximum Gasteiger partial charge on any atom is 0.228 e. The summed E-state index contributed by atoms with van der Waals surface area (Å²) in [6.45, 7) is 4.80. The molecule has 11 heteroatoms. The van der Waals surface area contributed by atoms with E-state index in [0.717, 1.165) is 17.8 Å². The molecule has 2 atom stereocenters. The molecule has 1 aromatic carbocycles. The van der Waals surface area contributed by atoms with Crippen molar-refractivity contribution in [1.82, 2.24) is 35.0 Å². The van der Waals surface area contributed by atoms with Crippen LogP contribution in [0.5, 0.6) is 0 Å². The highest BCUT2D eigenvalue weighted by Crippen LogP contribution is 2.31. The zero-order valence-electron chi connectivity index (χ0n) is 18.6. The molecule has 0 radical (unpaired) electrons. The molecule has 174 valence electrons. The van der Waals surface area contributed by atoms with Crippen molar-refractivity contribution in [3.8, 4) is 11.8 Å². The molecule has 2 aliphatic heterocycles. The fourth-order valence-corrected chi connectivity index (χ4v) is 4.58. The van der Waals surface area contributed by atoms with Gasteiger partial charge >= 0.3 is 0 Å². The van der Waals surface area contributed by atoms with Gasteiger partial charge in [0.05, 0.1) is 42.6 Å². The van der Waals surface area contributed by atoms with E-state index in [-0.39, 0.29) is 30.0 Å². The number of fused-ring (bicyclic) bond motifs is 1. The number of nitriles is 1. The fourth-order valence-electron chi connectivity index (χ4n) is 4.58. The van der Waals surface area contributed by atoms with Crippen LogP contribution < -0.4 is 0 Å². The molecular formula is C23H23FN8O2. The van der Waals surface area contributed by atoms with Gasteiger partial charge in [-0.3, -0.25) is 14.7 Å². The zero-order chi connectivity index (χ0) is 23.7. The van der Waals surface area contributed by atoms with Crippen LogP contribution in [0.15, 0.2) is 36.8 Å². The van der Waals surface area contributed by atoms with Gasteiger partial charge < -0.3 is 9.64 Å². The molecule has 1 amide bonds. The number of morpholine rings is 1. The molecule has 2 aliphatic rings. The molecule has 34 heavy (non-hydrogen) atoms. The Morgan fingerprint density at radius 1 is 1.26 bits per heavy atom. The number of nitrogens with zero attached hydrogens (tertiary/aromatic N) is 8. The first kappa shape index (κ1) is 22.1. The van der Waals surface area contributed by atoms with Crippen molar-refractivity contribution in [3.05, 3.63) is 65.0 Å². The minimum Gasteiger partial charge on any atom is -0.370 e. The normalized spacial score (nSPS) is 20.6. The number of halogens is 1. The van der Waals surface area contributed by atoms with Gasteiger partial charge in [0, 0.05) is 31.9 Å². The third-order valence-electron chi connectivity index (χ3n) is 6.52. The highest BCUT2D eigenvalue weighted by Gasteiger charge is 2.36. The van der Waals surface area contributed by atoms with E-state index < -0.39 is 5.82 Å². The van der Waals surface area contributed by atoms with E-state index in [0.29, 0.717) is 37.5 Å². The zero-order valence-corrected chi connectivity index (χ0v) is 18.6. The van der Waals surface area contributed by atoms with Crippen molar-refractivity contribution < 1.29 is 13.9 Å². The number of pyridine rings is 1. The van der Waals surface area contributed by atoms with Gasteiger partial charge in [0.1, 0.15) is 18.2 Å². The van der Waals surface area contributed by atoms with Crippen LogP contribution in [0, 0.1) is 24.1 Å². The van der Waals surface area contributed by atoms with Crippen LogP contribution in [-0.2, 0) is 16.0 Å². The molecule has 2 fully saturated rings. The summed E-state index contributed by atoms with van der Waals surface area (Å²) in [6.07, 6.45) is 3.12. The number of rotatable bonds is 4. The molecule has 10 nitrogen and oxygen atoms in total. The van der Waals surface area contributed by atoms with E-state index in [9.17, 15) is 14.4 Å². The Morgan fingerprint density at radius 2 is 2.15 bits per heavy atom. The van der Waals surface area contributed by atoms with Crippen LogP contribution >= 0.6 is 0 Å². The molecule has 3 aromatic rings. The van der Waals surface area contributed by atoms with Crippen molar-refractivity contribution >= 4 is 5.91 Å². The van der Waals surface area contributed by atoms with Crippen molar-refractivity contribution in [1.29, 1.82) is 5.26 Å². The Kier molecular flexibility index (Phi) is 6.00. The SMILES string of the molecule is Cc1c([C@@H]2CN3CCN(C(=O)Cc4ccc(-n5cnnn5)cn4)C[C@@H]3CO2)ccc(F)c1C#N. The Labute approximate surface area is 195 Å². The second kappa shape index (κ2) is 9.24. The van der Waals surface area contributed by atoms with Crippen LogP contribution in [0.4, 0.5) is 4.39 Å². The number of benzene rings is 1. The minimum absolute atomic E-state index is 0.0255. The standard InChI is InChI=1S/C23H23FN8O2/c1-15-19(4-5-21(24)20(15)9-25)22-12-30-6-7-31(11-18(30)13-34-22)23(33)8-16-2-3-17(10-26-16)32-14-27-28-29-32/h2-5,10,14,18,22H,6-8,11-13H2,1H3/t18-,22+/m1/s1. The first-order chi connectivity index (χ1) is 16.5. The molecule has 4 heterocycles. The number of carbonyl (C=O) groups excluding carboxylic acids is 1. The molecule has 0 N–H and O–H groups in total. The van der Waals surface area contributed by atoms with Crippen LogP contribution in [0.2, 0.25) is 0 Å². The third-order valence-corrected chi connectivity index (χ3v) is 6.52. The average Bonchev–Trinajstić information content (AvgIpc) is 3.39. The smallest absolute Gasteiger partial charge is 0.228 e. The number of ether oxygens (including phenoxy) is 1. The molecule has 0 unspecified atom stereocenters. The van der Waals surface area contributed by atoms with Crippen LogP contribution in [0.3, 0.4) is 0 Å². The quantitative estimate of drug-likeness (QED) is 0.569. The highest BCUT2D eigenvalue weighted by molar-refractivity contribution is 5.78. The third kappa shape index (κ3) is 4.25. The molecule has 0 spiro atoms. The molecule has 0 saturated carbocycles. The first-order valence-corrected chi connectivity index (χ1v) is 11.0. The maximum absolute atomic E-state index is 13.9. The Bertz CT molecular complexity index is 1230. The summed E-state index contributed by atoms with van der Waals surface area (Å²) in [7, 11) is 0. The van der Waals surface area contributed by atoms with Gasteiger partial charge in [0.2, 0.25) is 5.91 Å². The maximum atomic E-state index is 13.9. The van der Waals surface area contributed by atoms with E-state index in [4.69, 9.17) is 4.74 Å². The van der Waals surface area contributed by atoms with Gasteiger partial charge in [-0.15, -0.1) is 5.10 Å². The lowest BCUT2D eigenvalue weighted by molar-refractivity contribution is -0.139. The number of piperazine rings is 1. The van der Waals surface area contributed by atoms with Gasteiger partial charge in [-0.05, 0) is 46.7 Å². The van der Waals surface area contributed by atoms with Gasteiger partial charge in [-0.25, -0.2) is 4.39 Å². The number of carbonyl (C=O) groups is 1. The highest BCUT2D eigenvalue weighted by atomic mass is 19.1. The summed E-state index contributed by atoms with van der Waals surface area (Å²) in [4.78, 5) is 21.5. The van der Waals surface area contributed by atoms with E-state index >= 15 is 0 Å². The predicted octanol–water partition coefficient (Wildman–Crippen LogP) is 1.20. The van der Waals surface area contributed by atoms with Crippen LogP contribution in [0.1, 0.15) is 28.5 Å². The molecule has 5 rings (SSSR count). The number of aromatic nitrogens is 5. The van der Waals surface area contributed by atoms with Crippen molar-refractivity contribution in [3.63, 3.8) is 0 Å². The van der Waals surface area contributed by atoms with E-state index in [1.54, 1.807) is 25.3 Å². The molecule has 2 saturated heterocycles. The minimum atomic E-state index is -0.510. The molecule has 0 aliphatic carbocycles. The summed E-state index contributed by atoms with van der Waals surface area (Å²) >= 11 is 0. The van der Waals surface area contributed by atoms with Crippen molar-refractivity contribution in [2.24, 2.45) is 0 Å². The fraction of sp³-hybridized carbons (Fsp3) is 0.391. The van der Waals surface area contributed by atoms with Crippen molar-refractivity contribution in [2.45, 2.75) is 25.5 Å². The van der Waals surface area contributed by atoms with E-state index in [1.165, 1.54) is 17.1 Å². The summed E-state index contributed by atoms with van der Waals surface area (Å²) in [5.41, 5.74) is 2.94. The van der Waals surface area contributed by atoms with Crippen LogP contribution in [0.25, 0.3) is 5.69 Å². The van der Waals surface area contributed by atoms with Gasteiger partial charge in [-0.1, -0.05) is 6.07 Å². The van der Waals surface area contributed by atoms with E-state index in [2.05, 4.69) is 25.4 Å². The molecule has 2 aromatic heterocycles. The van der Waals surface area contributed by atoms with Crippen molar-refractivity contribution in [2.75, 3.05) is 32.8 Å². The first-order valence-electron chi connectivity index (χ1n) is 11.0. The largest absolute Gasteiger partial charge is 0.370 e. The average molecular weight is 462 g/mol.